The number of hydrogen-bond acceptors (Lipinski definition) is 7. The van der Waals surface area contributed by atoms with Gasteiger partial charge in [0, 0.05) is 6.07 Å². The number of carbonyl (C=O) groups is 2. The SMILES string of the molecule is Cc1cc(OC(=O)c2cccs2)cc2c1C(=O)/C(=C/c1ccc3c(c1)OCO3)O2. The highest BCUT2D eigenvalue weighted by Crippen LogP contribution is 2.39. The minimum absolute atomic E-state index is 0.183. The summed E-state index contributed by atoms with van der Waals surface area (Å²) in [5.74, 6) is 1.53. The van der Waals surface area contributed by atoms with E-state index >= 15 is 0 Å². The van der Waals surface area contributed by atoms with Crippen molar-refractivity contribution in [1.29, 1.82) is 0 Å². The third-order valence-electron chi connectivity index (χ3n) is 4.57. The van der Waals surface area contributed by atoms with E-state index in [9.17, 15) is 9.59 Å². The van der Waals surface area contributed by atoms with Crippen LogP contribution in [0.1, 0.15) is 31.2 Å². The summed E-state index contributed by atoms with van der Waals surface area (Å²) in [4.78, 5) is 25.5. The molecule has 7 heteroatoms. The number of ketones is 1. The molecule has 5 rings (SSSR count). The second-order valence-electron chi connectivity index (χ2n) is 6.53. The fraction of sp³-hybridized carbons (Fsp3) is 0.0909. The highest BCUT2D eigenvalue weighted by Gasteiger charge is 2.30. The van der Waals surface area contributed by atoms with Crippen LogP contribution >= 0.6 is 11.3 Å². The van der Waals surface area contributed by atoms with E-state index in [4.69, 9.17) is 18.9 Å². The minimum Gasteiger partial charge on any atom is -0.454 e. The second kappa shape index (κ2) is 6.79. The molecule has 0 spiro atoms. The number of aryl methyl sites for hydroxylation is 1. The lowest BCUT2D eigenvalue weighted by Gasteiger charge is -2.06. The molecule has 144 valence electrons. The molecule has 0 unspecified atom stereocenters. The standard InChI is InChI=1S/C22H14O6S/c1-12-7-14(27-22(24)19-3-2-6-29-19)10-17-20(12)21(23)18(28-17)9-13-4-5-15-16(8-13)26-11-25-15/h2-10H,11H2,1H3/b18-9-. The van der Waals surface area contributed by atoms with Gasteiger partial charge >= 0.3 is 5.97 Å². The van der Waals surface area contributed by atoms with Gasteiger partial charge in [-0.25, -0.2) is 4.79 Å². The Bertz CT molecular complexity index is 1180. The van der Waals surface area contributed by atoms with Gasteiger partial charge in [0.15, 0.2) is 17.3 Å². The quantitative estimate of drug-likeness (QED) is 0.359. The summed E-state index contributed by atoms with van der Waals surface area (Å²) in [6, 6.07) is 12.1. The van der Waals surface area contributed by atoms with Crippen molar-refractivity contribution in [3.63, 3.8) is 0 Å². The fourth-order valence-electron chi connectivity index (χ4n) is 3.24. The Kier molecular flexibility index (Phi) is 4.10. The molecule has 0 saturated heterocycles. The minimum atomic E-state index is -0.445. The van der Waals surface area contributed by atoms with Crippen LogP contribution in [0, 0.1) is 6.92 Å². The Labute approximate surface area is 169 Å². The van der Waals surface area contributed by atoms with Crippen LogP contribution in [0.4, 0.5) is 0 Å². The van der Waals surface area contributed by atoms with E-state index in [0.29, 0.717) is 39.0 Å². The molecule has 2 aliphatic heterocycles. The van der Waals surface area contributed by atoms with Gasteiger partial charge in [-0.1, -0.05) is 12.1 Å². The molecule has 0 amide bonds. The van der Waals surface area contributed by atoms with E-state index in [1.165, 1.54) is 11.3 Å². The third-order valence-corrected chi connectivity index (χ3v) is 5.42. The lowest BCUT2D eigenvalue weighted by atomic mass is 10.0. The maximum Gasteiger partial charge on any atom is 0.353 e. The average Bonchev–Trinajstić information content (AvgIpc) is 3.43. The first-order valence-corrected chi connectivity index (χ1v) is 9.71. The van der Waals surface area contributed by atoms with Gasteiger partial charge in [0.2, 0.25) is 12.6 Å². The highest BCUT2D eigenvalue weighted by molar-refractivity contribution is 7.12. The topological polar surface area (TPSA) is 71.1 Å². The van der Waals surface area contributed by atoms with Crippen LogP contribution in [0.15, 0.2) is 53.6 Å². The number of thiophene rings is 1. The van der Waals surface area contributed by atoms with E-state index in [1.807, 2.05) is 6.07 Å². The van der Waals surface area contributed by atoms with Crippen molar-refractivity contribution in [2.45, 2.75) is 6.92 Å². The molecule has 29 heavy (non-hydrogen) atoms. The van der Waals surface area contributed by atoms with Crippen molar-refractivity contribution in [2.24, 2.45) is 0 Å². The number of fused-ring (bicyclic) bond motifs is 2. The fourth-order valence-corrected chi connectivity index (χ4v) is 3.84. The molecule has 0 atom stereocenters. The Balaban J connectivity index is 1.43. The van der Waals surface area contributed by atoms with Crippen molar-refractivity contribution in [3.05, 3.63) is 75.2 Å². The summed E-state index contributed by atoms with van der Waals surface area (Å²) in [6.45, 7) is 1.97. The molecule has 0 bridgehead atoms. The highest BCUT2D eigenvalue weighted by atomic mass is 32.1. The zero-order valence-corrected chi connectivity index (χ0v) is 16.1. The Morgan fingerprint density at radius 2 is 1.97 bits per heavy atom. The van der Waals surface area contributed by atoms with Crippen LogP contribution in [0.25, 0.3) is 6.08 Å². The van der Waals surface area contributed by atoms with E-state index in [0.717, 1.165) is 5.56 Å². The summed E-state index contributed by atoms with van der Waals surface area (Å²) in [5, 5.41) is 1.81. The van der Waals surface area contributed by atoms with Gasteiger partial charge in [-0.2, -0.15) is 0 Å². The molecule has 3 heterocycles. The smallest absolute Gasteiger partial charge is 0.353 e. The van der Waals surface area contributed by atoms with Crippen LogP contribution < -0.4 is 18.9 Å². The summed E-state index contributed by atoms with van der Waals surface area (Å²) >= 11 is 1.30. The van der Waals surface area contributed by atoms with Crippen molar-refractivity contribution in [2.75, 3.05) is 6.79 Å². The Morgan fingerprint density at radius 1 is 1.10 bits per heavy atom. The van der Waals surface area contributed by atoms with Crippen molar-refractivity contribution in [3.8, 4) is 23.0 Å². The molecular formula is C22H14O6S. The first kappa shape index (κ1) is 17.5. The van der Waals surface area contributed by atoms with Gasteiger partial charge in [0.25, 0.3) is 0 Å². The molecule has 1 aromatic heterocycles. The molecule has 0 saturated carbocycles. The number of esters is 1. The molecule has 6 nitrogen and oxygen atoms in total. The average molecular weight is 406 g/mol. The van der Waals surface area contributed by atoms with Gasteiger partial charge in [-0.3, -0.25) is 4.79 Å². The summed E-state index contributed by atoms with van der Waals surface area (Å²) in [7, 11) is 0. The Hall–Kier alpha value is -3.58. The van der Waals surface area contributed by atoms with E-state index in [-0.39, 0.29) is 18.3 Å². The van der Waals surface area contributed by atoms with Crippen molar-refractivity contribution < 1.29 is 28.5 Å². The number of carbonyl (C=O) groups excluding carboxylic acids is 2. The van der Waals surface area contributed by atoms with Crippen molar-refractivity contribution in [1.82, 2.24) is 0 Å². The summed E-state index contributed by atoms with van der Waals surface area (Å²) in [6.07, 6.45) is 1.65. The van der Waals surface area contributed by atoms with E-state index < -0.39 is 5.97 Å². The normalized spacial score (nSPS) is 15.3. The van der Waals surface area contributed by atoms with Gasteiger partial charge in [-0.05, 0) is 53.8 Å². The van der Waals surface area contributed by atoms with E-state index in [2.05, 4.69) is 0 Å². The largest absolute Gasteiger partial charge is 0.454 e. The maximum atomic E-state index is 12.8. The van der Waals surface area contributed by atoms with Crippen LogP contribution in [-0.4, -0.2) is 18.5 Å². The molecule has 0 N–H and O–H groups in total. The zero-order valence-electron chi connectivity index (χ0n) is 15.3. The number of benzene rings is 2. The third kappa shape index (κ3) is 3.15. The number of Topliss-reactive ketones (excluding diaryl/α,β-unsaturated/α-hetero) is 1. The predicted octanol–water partition coefficient (Wildman–Crippen LogP) is 4.62. The molecule has 3 aromatic rings. The monoisotopic (exact) mass is 406 g/mol. The van der Waals surface area contributed by atoms with Gasteiger partial charge < -0.3 is 18.9 Å². The number of hydrogen-bond donors (Lipinski definition) is 0. The van der Waals surface area contributed by atoms with Gasteiger partial charge in [-0.15, -0.1) is 11.3 Å². The summed E-state index contributed by atoms with van der Waals surface area (Å²) < 4.78 is 21.9. The lowest BCUT2D eigenvalue weighted by Crippen LogP contribution is -2.06. The lowest BCUT2D eigenvalue weighted by molar-refractivity contribution is 0.0739. The van der Waals surface area contributed by atoms with Crippen LogP contribution in [-0.2, 0) is 0 Å². The first-order chi connectivity index (χ1) is 14.1. The molecule has 0 fully saturated rings. The first-order valence-electron chi connectivity index (χ1n) is 8.83. The van der Waals surface area contributed by atoms with E-state index in [1.54, 1.807) is 54.8 Å². The van der Waals surface area contributed by atoms with Crippen molar-refractivity contribution >= 4 is 29.2 Å². The molecule has 0 aliphatic carbocycles. The predicted molar refractivity (Wildman–Crippen MR) is 106 cm³/mol. The number of rotatable bonds is 3. The molecular weight excluding hydrogens is 392 g/mol. The number of allylic oxidation sites excluding steroid dienone is 1. The second-order valence-corrected chi connectivity index (χ2v) is 7.48. The number of ether oxygens (including phenoxy) is 4. The van der Waals surface area contributed by atoms with Crippen LogP contribution in [0.5, 0.6) is 23.0 Å². The molecule has 2 aliphatic rings. The Morgan fingerprint density at radius 3 is 2.79 bits per heavy atom. The zero-order chi connectivity index (χ0) is 20.0. The summed E-state index contributed by atoms with van der Waals surface area (Å²) in [5.41, 5.74) is 1.90. The van der Waals surface area contributed by atoms with Crippen LogP contribution in [0.2, 0.25) is 0 Å². The molecule has 2 aromatic carbocycles. The molecule has 0 radical (unpaired) electrons. The van der Waals surface area contributed by atoms with Gasteiger partial charge in [0.1, 0.15) is 16.4 Å². The van der Waals surface area contributed by atoms with Gasteiger partial charge in [0.05, 0.1) is 5.56 Å². The van der Waals surface area contributed by atoms with Crippen LogP contribution in [0.3, 0.4) is 0 Å². The maximum absolute atomic E-state index is 12.8.